The zero-order valence-corrected chi connectivity index (χ0v) is 16.9. The van der Waals surface area contributed by atoms with Gasteiger partial charge in [0, 0.05) is 24.7 Å². The molecule has 4 rings (SSSR count). The number of anilines is 1. The van der Waals surface area contributed by atoms with Crippen molar-refractivity contribution >= 4 is 28.6 Å². The molecular formula is C19H23N5O3S. The molecule has 148 valence electrons. The minimum atomic E-state index is -0.309. The van der Waals surface area contributed by atoms with E-state index in [-0.39, 0.29) is 13.0 Å². The van der Waals surface area contributed by atoms with E-state index in [9.17, 15) is 0 Å². The Morgan fingerprint density at radius 2 is 2.14 bits per heavy atom. The second kappa shape index (κ2) is 7.86. The van der Waals surface area contributed by atoms with Gasteiger partial charge in [0.15, 0.2) is 22.5 Å². The third kappa shape index (κ3) is 3.60. The van der Waals surface area contributed by atoms with Gasteiger partial charge in [0.25, 0.3) is 0 Å². The zero-order valence-electron chi connectivity index (χ0n) is 16.1. The molecule has 1 aromatic carbocycles. The zero-order chi connectivity index (χ0) is 19.7. The Labute approximate surface area is 167 Å². The van der Waals surface area contributed by atoms with Crippen LogP contribution < -0.4 is 20.5 Å². The molecule has 0 saturated carbocycles. The standard InChI is InChI=1S/C19H23N5O3S/c1-11-8-14-15(27-10-26-14)9-16(11)28-19-23-17-13(4-5-22-18(17)21-3)24(19)6-7-25-12(2)20/h4-5,8-9,12H,6-7,10,20H2,1-3H3,(H,21,22). The summed E-state index contributed by atoms with van der Waals surface area (Å²) in [5.74, 6) is 2.28. The minimum absolute atomic E-state index is 0.257. The van der Waals surface area contributed by atoms with Crippen LogP contribution >= 0.6 is 11.8 Å². The topological polar surface area (TPSA) is 96.5 Å². The Kier molecular flexibility index (Phi) is 5.29. The molecule has 3 N–H and O–H groups in total. The molecule has 3 aromatic rings. The van der Waals surface area contributed by atoms with E-state index in [0.717, 1.165) is 44.0 Å². The molecule has 0 saturated heterocycles. The summed E-state index contributed by atoms with van der Waals surface area (Å²) in [7, 11) is 1.84. The molecule has 1 atom stereocenters. The Balaban J connectivity index is 1.73. The highest BCUT2D eigenvalue weighted by atomic mass is 32.2. The number of pyridine rings is 1. The van der Waals surface area contributed by atoms with E-state index in [1.54, 1.807) is 18.0 Å². The smallest absolute Gasteiger partial charge is 0.231 e. The second-order valence-electron chi connectivity index (χ2n) is 6.47. The van der Waals surface area contributed by atoms with Gasteiger partial charge >= 0.3 is 0 Å². The van der Waals surface area contributed by atoms with E-state index >= 15 is 0 Å². The summed E-state index contributed by atoms with van der Waals surface area (Å²) in [5, 5.41) is 3.97. The molecule has 1 aliphatic rings. The fraction of sp³-hybridized carbons (Fsp3) is 0.368. The van der Waals surface area contributed by atoms with Crippen LogP contribution in [-0.2, 0) is 11.3 Å². The molecule has 1 aliphatic heterocycles. The van der Waals surface area contributed by atoms with Crippen molar-refractivity contribution in [3.05, 3.63) is 30.0 Å². The highest BCUT2D eigenvalue weighted by Gasteiger charge is 2.20. The number of hydrogen-bond donors (Lipinski definition) is 2. The Bertz CT molecular complexity index is 1000. The Hall–Kier alpha value is -2.49. The molecule has 0 radical (unpaired) electrons. The number of fused-ring (bicyclic) bond motifs is 2. The molecule has 28 heavy (non-hydrogen) atoms. The van der Waals surface area contributed by atoms with Crippen molar-refractivity contribution in [2.24, 2.45) is 5.73 Å². The number of benzene rings is 1. The second-order valence-corrected chi connectivity index (χ2v) is 7.48. The highest BCUT2D eigenvalue weighted by Crippen LogP contribution is 2.41. The molecule has 8 nitrogen and oxygen atoms in total. The Morgan fingerprint density at radius 3 is 2.89 bits per heavy atom. The first kappa shape index (κ1) is 18.9. The van der Waals surface area contributed by atoms with E-state index in [4.69, 9.17) is 24.9 Å². The van der Waals surface area contributed by atoms with Crippen LogP contribution in [0.25, 0.3) is 11.0 Å². The van der Waals surface area contributed by atoms with Gasteiger partial charge in [-0.1, -0.05) is 11.8 Å². The maximum atomic E-state index is 5.73. The lowest BCUT2D eigenvalue weighted by Gasteiger charge is -2.12. The third-order valence-corrected chi connectivity index (χ3v) is 5.59. The molecule has 0 fully saturated rings. The summed E-state index contributed by atoms with van der Waals surface area (Å²) >= 11 is 1.58. The number of nitrogens with zero attached hydrogens (tertiary/aromatic N) is 3. The molecular weight excluding hydrogens is 378 g/mol. The quantitative estimate of drug-likeness (QED) is 0.583. The fourth-order valence-electron chi connectivity index (χ4n) is 3.07. The fourth-order valence-corrected chi connectivity index (χ4v) is 4.09. The maximum Gasteiger partial charge on any atom is 0.231 e. The van der Waals surface area contributed by atoms with Crippen LogP contribution in [0.5, 0.6) is 11.5 Å². The van der Waals surface area contributed by atoms with Crippen molar-refractivity contribution in [2.45, 2.75) is 36.7 Å². The van der Waals surface area contributed by atoms with Gasteiger partial charge in [-0.15, -0.1) is 0 Å². The van der Waals surface area contributed by atoms with Gasteiger partial charge in [0.05, 0.1) is 12.1 Å². The molecule has 2 aromatic heterocycles. The molecule has 0 aliphatic carbocycles. The SMILES string of the molecule is CNc1nccc2c1nc(Sc1cc3c(cc1C)OCO3)n2CCOC(C)N. The molecule has 0 amide bonds. The van der Waals surface area contributed by atoms with Crippen molar-refractivity contribution in [1.82, 2.24) is 14.5 Å². The largest absolute Gasteiger partial charge is 0.454 e. The number of rotatable bonds is 7. The molecule has 1 unspecified atom stereocenters. The van der Waals surface area contributed by atoms with E-state index in [2.05, 4.69) is 21.8 Å². The molecule has 9 heteroatoms. The van der Waals surface area contributed by atoms with Crippen LogP contribution in [0.4, 0.5) is 5.82 Å². The first-order valence-corrected chi connectivity index (χ1v) is 9.86. The van der Waals surface area contributed by atoms with Crippen LogP contribution in [-0.4, -0.2) is 41.2 Å². The van der Waals surface area contributed by atoms with Crippen LogP contribution in [0.15, 0.2) is 34.4 Å². The van der Waals surface area contributed by atoms with Crippen molar-refractivity contribution < 1.29 is 14.2 Å². The van der Waals surface area contributed by atoms with Crippen molar-refractivity contribution in [2.75, 3.05) is 25.8 Å². The van der Waals surface area contributed by atoms with E-state index in [1.807, 2.05) is 32.2 Å². The summed E-state index contributed by atoms with van der Waals surface area (Å²) in [6, 6.07) is 5.96. The molecule has 0 bridgehead atoms. The van der Waals surface area contributed by atoms with Crippen LogP contribution in [0, 0.1) is 6.92 Å². The number of aromatic nitrogens is 3. The van der Waals surface area contributed by atoms with Gasteiger partial charge in [-0.2, -0.15) is 0 Å². The normalized spacial score (nSPS) is 13.9. The number of imidazole rings is 1. The predicted octanol–water partition coefficient (Wildman–Crippen LogP) is 2.98. The van der Waals surface area contributed by atoms with Gasteiger partial charge in [-0.3, -0.25) is 0 Å². The summed E-state index contributed by atoms with van der Waals surface area (Å²) in [4.78, 5) is 10.3. The summed E-state index contributed by atoms with van der Waals surface area (Å²) in [6.45, 7) is 5.26. The van der Waals surface area contributed by atoms with Crippen molar-refractivity contribution in [1.29, 1.82) is 0 Å². The number of nitrogens with one attached hydrogen (secondary N) is 1. The monoisotopic (exact) mass is 401 g/mol. The van der Waals surface area contributed by atoms with Crippen LogP contribution in [0.2, 0.25) is 0 Å². The molecule has 0 spiro atoms. The lowest BCUT2D eigenvalue weighted by atomic mass is 10.2. The van der Waals surface area contributed by atoms with Crippen LogP contribution in [0.1, 0.15) is 12.5 Å². The van der Waals surface area contributed by atoms with E-state index in [0.29, 0.717) is 13.2 Å². The maximum absolute atomic E-state index is 5.73. The minimum Gasteiger partial charge on any atom is -0.454 e. The van der Waals surface area contributed by atoms with Gasteiger partial charge < -0.3 is 29.8 Å². The summed E-state index contributed by atoms with van der Waals surface area (Å²) < 4.78 is 18.7. The highest BCUT2D eigenvalue weighted by molar-refractivity contribution is 7.99. The van der Waals surface area contributed by atoms with E-state index in [1.165, 1.54) is 0 Å². The summed E-state index contributed by atoms with van der Waals surface area (Å²) in [5.41, 5.74) is 8.65. The lowest BCUT2D eigenvalue weighted by molar-refractivity contribution is 0.0643. The average Bonchev–Trinajstić information content (AvgIpc) is 3.26. The molecule has 3 heterocycles. The van der Waals surface area contributed by atoms with E-state index < -0.39 is 0 Å². The van der Waals surface area contributed by atoms with Gasteiger partial charge in [-0.25, -0.2) is 9.97 Å². The van der Waals surface area contributed by atoms with Gasteiger partial charge in [0.2, 0.25) is 6.79 Å². The Morgan fingerprint density at radius 1 is 1.36 bits per heavy atom. The first-order valence-electron chi connectivity index (χ1n) is 9.05. The van der Waals surface area contributed by atoms with Crippen LogP contribution in [0.3, 0.4) is 0 Å². The predicted molar refractivity (Wildman–Crippen MR) is 108 cm³/mol. The lowest BCUT2D eigenvalue weighted by Crippen LogP contribution is -2.21. The van der Waals surface area contributed by atoms with Gasteiger partial charge in [-0.05, 0) is 37.6 Å². The summed E-state index contributed by atoms with van der Waals surface area (Å²) in [6.07, 6.45) is 1.47. The van der Waals surface area contributed by atoms with Crippen molar-refractivity contribution in [3.63, 3.8) is 0 Å². The number of nitrogens with two attached hydrogens (primary N) is 1. The van der Waals surface area contributed by atoms with Crippen molar-refractivity contribution in [3.8, 4) is 11.5 Å². The number of aryl methyl sites for hydroxylation is 1. The third-order valence-electron chi connectivity index (χ3n) is 4.44. The average molecular weight is 401 g/mol. The number of ether oxygens (including phenoxy) is 3. The number of hydrogen-bond acceptors (Lipinski definition) is 8. The first-order chi connectivity index (χ1) is 13.6. The van der Waals surface area contributed by atoms with Gasteiger partial charge in [0.1, 0.15) is 11.7 Å².